The zero-order valence-corrected chi connectivity index (χ0v) is 19.6. The van der Waals surface area contributed by atoms with Gasteiger partial charge in [-0.25, -0.2) is 4.79 Å². The standard InChI is InChI=1S/C23H26F3N5O5/c1-14-9-15(12-27-11-14)13-31-18-19(29(2)22(34)30(20(18)33)7-4-8-32)28-21(31)35-16-5-3-6-17(10-16)36-23(24,25)26/h3,5-6,9-10,12,21,27-28,32H,4,7-8,11,13H2,1-2H3. The van der Waals surface area contributed by atoms with Gasteiger partial charge in [-0.05, 0) is 31.1 Å². The highest BCUT2D eigenvalue weighted by atomic mass is 19.4. The molecule has 1 aromatic heterocycles. The van der Waals surface area contributed by atoms with Crippen LogP contribution in [0.4, 0.5) is 24.7 Å². The minimum atomic E-state index is -4.87. The van der Waals surface area contributed by atoms with Crippen molar-refractivity contribution in [3.05, 3.63) is 68.5 Å². The molecule has 1 aromatic carbocycles. The van der Waals surface area contributed by atoms with Gasteiger partial charge in [0.2, 0.25) is 0 Å². The number of nitrogens with zero attached hydrogens (tertiary/aromatic N) is 3. The van der Waals surface area contributed by atoms with Crippen molar-refractivity contribution in [2.75, 3.05) is 29.9 Å². The molecular formula is C23H26F3N5O5. The number of alkyl halides is 3. The second kappa shape index (κ2) is 10.0. The molecule has 3 N–H and O–H groups in total. The Labute approximate surface area is 203 Å². The van der Waals surface area contributed by atoms with Crippen molar-refractivity contribution in [3.63, 3.8) is 0 Å². The van der Waals surface area contributed by atoms with E-state index in [9.17, 15) is 27.9 Å². The van der Waals surface area contributed by atoms with E-state index in [1.54, 1.807) is 11.1 Å². The first kappa shape index (κ1) is 25.2. The van der Waals surface area contributed by atoms with Crippen LogP contribution in [0.15, 0.2) is 57.3 Å². The van der Waals surface area contributed by atoms with Crippen LogP contribution in [-0.4, -0.2) is 46.7 Å². The molecule has 0 bridgehead atoms. The van der Waals surface area contributed by atoms with Gasteiger partial charge in [0, 0.05) is 39.0 Å². The minimum Gasteiger partial charge on any atom is -0.452 e. The van der Waals surface area contributed by atoms with E-state index in [4.69, 9.17) is 4.74 Å². The van der Waals surface area contributed by atoms with Crippen molar-refractivity contribution in [1.29, 1.82) is 0 Å². The van der Waals surface area contributed by atoms with Crippen LogP contribution in [0, 0.1) is 0 Å². The number of halogens is 3. The third kappa shape index (κ3) is 5.35. The topological polar surface area (TPSA) is 110 Å². The van der Waals surface area contributed by atoms with Crippen LogP contribution in [0.3, 0.4) is 0 Å². The molecule has 194 valence electrons. The maximum Gasteiger partial charge on any atom is 0.573 e. The maximum absolute atomic E-state index is 13.4. The number of rotatable bonds is 8. The Bertz CT molecular complexity index is 1310. The molecule has 1 unspecified atom stereocenters. The van der Waals surface area contributed by atoms with Crippen LogP contribution in [0.1, 0.15) is 13.3 Å². The molecule has 1 atom stereocenters. The highest BCUT2D eigenvalue weighted by molar-refractivity contribution is 5.72. The summed E-state index contributed by atoms with van der Waals surface area (Å²) >= 11 is 0. The van der Waals surface area contributed by atoms with Crippen molar-refractivity contribution in [1.82, 2.24) is 14.5 Å². The van der Waals surface area contributed by atoms with E-state index in [0.29, 0.717) is 6.54 Å². The van der Waals surface area contributed by atoms with E-state index in [2.05, 4.69) is 15.4 Å². The fourth-order valence-electron chi connectivity index (χ4n) is 4.08. The van der Waals surface area contributed by atoms with Gasteiger partial charge in [-0.1, -0.05) is 17.7 Å². The smallest absolute Gasteiger partial charge is 0.452 e. The zero-order valence-electron chi connectivity index (χ0n) is 19.6. The van der Waals surface area contributed by atoms with Gasteiger partial charge in [-0.2, -0.15) is 0 Å². The molecule has 2 aliphatic rings. The largest absolute Gasteiger partial charge is 0.573 e. The quantitative estimate of drug-likeness (QED) is 0.495. The first-order valence-electron chi connectivity index (χ1n) is 11.2. The Kier molecular flexibility index (Phi) is 7.02. The molecule has 0 aliphatic carbocycles. The second-order valence-electron chi connectivity index (χ2n) is 8.43. The lowest BCUT2D eigenvalue weighted by atomic mass is 10.1. The Balaban J connectivity index is 1.73. The Hall–Kier alpha value is -3.87. The van der Waals surface area contributed by atoms with Crippen LogP contribution >= 0.6 is 0 Å². The van der Waals surface area contributed by atoms with Gasteiger partial charge >= 0.3 is 12.1 Å². The summed E-state index contributed by atoms with van der Waals surface area (Å²) in [6.45, 7) is 2.64. The Morgan fingerprint density at radius 3 is 2.67 bits per heavy atom. The zero-order chi connectivity index (χ0) is 26.0. The first-order chi connectivity index (χ1) is 17.1. The molecule has 0 saturated carbocycles. The van der Waals surface area contributed by atoms with Crippen molar-refractivity contribution < 1.29 is 27.8 Å². The monoisotopic (exact) mass is 509 g/mol. The molecule has 0 radical (unpaired) electrons. The number of ether oxygens (including phenoxy) is 2. The predicted octanol–water partition coefficient (Wildman–Crippen LogP) is 1.86. The lowest BCUT2D eigenvalue weighted by Crippen LogP contribution is -2.45. The number of hydrogen-bond donors (Lipinski definition) is 3. The fourth-order valence-corrected chi connectivity index (χ4v) is 4.08. The number of aliphatic hydroxyl groups is 1. The van der Waals surface area contributed by atoms with Gasteiger partial charge in [-0.3, -0.25) is 13.9 Å². The van der Waals surface area contributed by atoms with E-state index in [1.807, 2.05) is 13.0 Å². The summed E-state index contributed by atoms with van der Waals surface area (Å²) in [5, 5.41) is 15.3. The summed E-state index contributed by atoms with van der Waals surface area (Å²) in [5.74, 6) is -0.193. The third-order valence-electron chi connectivity index (χ3n) is 5.64. The van der Waals surface area contributed by atoms with Gasteiger partial charge in [0.15, 0.2) is 0 Å². The van der Waals surface area contributed by atoms with Crippen LogP contribution in [-0.2, 0) is 13.6 Å². The number of anilines is 2. The Morgan fingerprint density at radius 2 is 1.97 bits per heavy atom. The minimum absolute atomic E-state index is 0.0226. The number of fused-ring (bicyclic) bond motifs is 1. The molecule has 2 aromatic rings. The maximum atomic E-state index is 13.4. The molecule has 3 heterocycles. The van der Waals surface area contributed by atoms with Crippen LogP contribution in [0.2, 0.25) is 0 Å². The molecule has 0 fully saturated rings. The van der Waals surface area contributed by atoms with E-state index in [0.717, 1.165) is 27.8 Å². The molecule has 4 rings (SSSR count). The van der Waals surface area contributed by atoms with E-state index in [-0.39, 0.29) is 43.4 Å². The van der Waals surface area contributed by atoms with Crippen molar-refractivity contribution in [2.24, 2.45) is 7.05 Å². The highest BCUT2D eigenvalue weighted by Crippen LogP contribution is 2.33. The van der Waals surface area contributed by atoms with E-state index < -0.39 is 29.7 Å². The molecule has 2 aliphatic heterocycles. The molecule has 0 spiro atoms. The van der Waals surface area contributed by atoms with Gasteiger partial charge in [-0.15, -0.1) is 13.2 Å². The second-order valence-corrected chi connectivity index (χ2v) is 8.43. The number of dihydropyridines is 1. The molecule has 36 heavy (non-hydrogen) atoms. The molecule has 0 saturated heterocycles. The number of aromatic nitrogens is 2. The first-order valence-corrected chi connectivity index (χ1v) is 11.2. The average Bonchev–Trinajstić information content (AvgIpc) is 3.15. The van der Waals surface area contributed by atoms with E-state index in [1.165, 1.54) is 23.7 Å². The number of aliphatic hydroxyl groups excluding tert-OH is 1. The fraction of sp³-hybridized carbons (Fsp3) is 0.391. The lowest BCUT2D eigenvalue weighted by Gasteiger charge is -2.28. The summed E-state index contributed by atoms with van der Waals surface area (Å²) in [5.41, 5.74) is 0.913. The average molecular weight is 509 g/mol. The van der Waals surface area contributed by atoms with Crippen LogP contribution in [0.25, 0.3) is 0 Å². The summed E-state index contributed by atoms with van der Waals surface area (Å²) in [6, 6.07) is 5.03. The van der Waals surface area contributed by atoms with Crippen molar-refractivity contribution >= 4 is 11.5 Å². The highest BCUT2D eigenvalue weighted by Gasteiger charge is 2.37. The van der Waals surface area contributed by atoms with Gasteiger partial charge in [0.05, 0.1) is 6.54 Å². The van der Waals surface area contributed by atoms with Crippen LogP contribution in [0.5, 0.6) is 11.5 Å². The molecule has 0 amide bonds. The Morgan fingerprint density at radius 1 is 1.22 bits per heavy atom. The van der Waals surface area contributed by atoms with Crippen molar-refractivity contribution in [3.8, 4) is 11.5 Å². The third-order valence-corrected chi connectivity index (χ3v) is 5.64. The summed E-state index contributed by atoms with van der Waals surface area (Å²) < 4.78 is 50.3. The molecular weight excluding hydrogens is 483 g/mol. The molecule has 13 heteroatoms. The van der Waals surface area contributed by atoms with E-state index >= 15 is 0 Å². The molecule has 10 nitrogen and oxygen atoms in total. The van der Waals surface area contributed by atoms with Gasteiger partial charge < -0.3 is 30.1 Å². The summed E-state index contributed by atoms with van der Waals surface area (Å²) in [6.07, 6.45) is -1.93. The number of benzene rings is 1. The summed E-state index contributed by atoms with van der Waals surface area (Å²) in [4.78, 5) is 27.8. The van der Waals surface area contributed by atoms with Gasteiger partial charge in [0.1, 0.15) is 23.0 Å². The number of hydrogen-bond acceptors (Lipinski definition) is 8. The van der Waals surface area contributed by atoms with Gasteiger partial charge in [0.25, 0.3) is 11.9 Å². The van der Waals surface area contributed by atoms with Crippen LogP contribution < -0.4 is 36.3 Å². The lowest BCUT2D eigenvalue weighted by molar-refractivity contribution is -0.274. The normalized spacial score (nSPS) is 17.1. The summed E-state index contributed by atoms with van der Waals surface area (Å²) in [7, 11) is 1.49. The number of nitrogens with one attached hydrogen (secondary N) is 2. The SMILES string of the molecule is CC1=CC(CN2c3c(n(C)c(=O)n(CCCO)c3=O)NC2Oc2cccc(OC(F)(F)F)c2)=CNC1. The predicted molar refractivity (Wildman–Crippen MR) is 126 cm³/mol. The van der Waals surface area contributed by atoms with Crippen molar-refractivity contribution in [2.45, 2.75) is 32.6 Å².